The first-order chi connectivity index (χ1) is 13.2. The molecule has 3 amide bonds. The number of amides is 3. The molecule has 8 heteroatoms. The van der Waals surface area contributed by atoms with Crippen molar-refractivity contribution in [1.29, 1.82) is 0 Å². The summed E-state index contributed by atoms with van der Waals surface area (Å²) in [6.07, 6.45) is 2.76. The fraction of sp³-hybridized carbons (Fsp3) is 0.421. The van der Waals surface area contributed by atoms with Crippen molar-refractivity contribution in [3.63, 3.8) is 0 Å². The highest BCUT2D eigenvalue weighted by atomic mass is 16.2. The van der Waals surface area contributed by atoms with E-state index in [1.165, 1.54) is 5.56 Å². The zero-order valence-electron chi connectivity index (χ0n) is 15.3. The molecule has 0 radical (unpaired) electrons. The molecule has 4 rings (SSSR count). The van der Waals surface area contributed by atoms with E-state index < -0.39 is 0 Å². The molecule has 0 fully saturated rings. The molecule has 2 aliphatic rings. The van der Waals surface area contributed by atoms with Crippen molar-refractivity contribution in [2.75, 3.05) is 11.9 Å². The van der Waals surface area contributed by atoms with Crippen molar-refractivity contribution in [1.82, 2.24) is 25.9 Å². The van der Waals surface area contributed by atoms with Crippen LogP contribution in [0.15, 0.2) is 24.3 Å². The summed E-state index contributed by atoms with van der Waals surface area (Å²) in [4.78, 5) is 24.5. The second-order valence-electron chi connectivity index (χ2n) is 7.05. The van der Waals surface area contributed by atoms with Gasteiger partial charge in [0, 0.05) is 18.7 Å². The van der Waals surface area contributed by atoms with E-state index in [1.807, 2.05) is 18.2 Å². The summed E-state index contributed by atoms with van der Waals surface area (Å²) in [7, 11) is 0. The number of anilines is 1. The molecule has 8 nitrogen and oxygen atoms in total. The second kappa shape index (κ2) is 7.40. The first-order valence-corrected chi connectivity index (χ1v) is 9.40. The first kappa shape index (κ1) is 17.5. The predicted octanol–water partition coefficient (Wildman–Crippen LogP) is 2.02. The number of aromatic nitrogens is 2. The zero-order valence-corrected chi connectivity index (χ0v) is 15.3. The molecular weight excluding hydrogens is 344 g/mol. The van der Waals surface area contributed by atoms with Gasteiger partial charge in [-0.2, -0.15) is 5.10 Å². The van der Waals surface area contributed by atoms with Crippen LogP contribution in [0.2, 0.25) is 0 Å². The molecule has 1 aliphatic heterocycles. The number of carbonyl (C=O) groups excluding carboxylic acids is 2. The maximum Gasteiger partial charge on any atom is 0.329 e. The zero-order chi connectivity index (χ0) is 18.8. The lowest BCUT2D eigenvalue weighted by atomic mass is 9.77. The standard InChI is InChI=1S/C19H24N6O2/c1-2-3-8-20-19(27)24-25-10-15-16(11-25)22-23-17(15)21-18(26)14-9-12-6-4-5-7-13(12)14/h4-7,14H,2-3,8-11H2,1H3,(H2,20,24,27)(H2,21,22,23,26). The molecule has 1 unspecified atom stereocenters. The summed E-state index contributed by atoms with van der Waals surface area (Å²) in [6.45, 7) is 3.78. The Morgan fingerprint density at radius 3 is 2.96 bits per heavy atom. The Morgan fingerprint density at radius 1 is 1.30 bits per heavy atom. The van der Waals surface area contributed by atoms with Gasteiger partial charge in [-0.1, -0.05) is 37.6 Å². The van der Waals surface area contributed by atoms with Crippen LogP contribution in [-0.2, 0) is 24.3 Å². The van der Waals surface area contributed by atoms with Gasteiger partial charge in [-0.25, -0.2) is 9.80 Å². The maximum atomic E-state index is 12.6. The molecule has 142 valence electrons. The number of nitrogens with zero attached hydrogens (tertiary/aromatic N) is 2. The Labute approximate surface area is 157 Å². The predicted molar refractivity (Wildman–Crippen MR) is 101 cm³/mol. The fourth-order valence-electron chi connectivity index (χ4n) is 3.58. The summed E-state index contributed by atoms with van der Waals surface area (Å²) in [6, 6.07) is 7.80. The second-order valence-corrected chi connectivity index (χ2v) is 7.05. The molecule has 1 atom stereocenters. The fourth-order valence-corrected chi connectivity index (χ4v) is 3.58. The lowest BCUT2D eigenvalue weighted by molar-refractivity contribution is -0.118. The number of unbranched alkanes of at least 4 members (excludes halogenated alkanes) is 1. The number of benzene rings is 1. The smallest absolute Gasteiger partial charge is 0.329 e. The molecule has 1 aromatic heterocycles. The number of urea groups is 1. The molecule has 2 aromatic rings. The van der Waals surface area contributed by atoms with E-state index in [2.05, 4.69) is 39.2 Å². The Hall–Kier alpha value is -2.87. The van der Waals surface area contributed by atoms with Crippen molar-refractivity contribution in [3.05, 3.63) is 46.6 Å². The van der Waals surface area contributed by atoms with E-state index in [4.69, 9.17) is 0 Å². The summed E-state index contributed by atoms with van der Waals surface area (Å²) in [5, 5.41) is 14.8. The van der Waals surface area contributed by atoms with Crippen LogP contribution in [0, 0.1) is 0 Å². The number of fused-ring (bicyclic) bond motifs is 2. The minimum absolute atomic E-state index is 0.0354. The van der Waals surface area contributed by atoms with Crippen molar-refractivity contribution in [3.8, 4) is 0 Å². The first-order valence-electron chi connectivity index (χ1n) is 9.40. The molecule has 4 N–H and O–H groups in total. The lowest BCUT2D eigenvalue weighted by Crippen LogP contribution is -2.45. The van der Waals surface area contributed by atoms with Crippen LogP contribution >= 0.6 is 0 Å². The highest BCUT2D eigenvalue weighted by Gasteiger charge is 2.33. The Balaban J connectivity index is 1.33. The van der Waals surface area contributed by atoms with Crippen molar-refractivity contribution >= 4 is 17.8 Å². The van der Waals surface area contributed by atoms with E-state index in [-0.39, 0.29) is 17.9 Å². The van der Waals surface area contributed by atoms with Gasteiger partial charge in [0.25, 0.3) is 0 Å². The number of carbonyl (C=O) groups is 2. The minimum Gasteiger partial charge on any atom is -0.337 e. The van der Waals surface area contributed by atoms with Crippen LogP contribution in [0.4, 0.5) is 10.6 Å². The lowest BCUT2D eigenvalue weighted by Gasteiger charge is -2.28. The van der Waals surface area contributed by atoms with E-state index in [1.54, 1.807) is 5.01 Å². The molecule has 27 heavy (non-hydrogen) atoms. The molecule has 1 aliphatic carbocycles. The number of rotatable bonds is 6. The molecule has 2 heterocycles. The number of hydrogen-bond donors (Lipinski definition) is 4. The van der Waals surface area contributed by atoms with Crippen LogP contribution < -0.4 is 16.1 Å². The monoisotopic (exact) mass is 368 g/mol. The van der Waals surface area contributed by atoms with Gasteiger partial charge in [0.1, 0.15) is 0 Å². The minimum atomic E-state index is -0.210. The third-order valence-electron chi connectivity index (χ3n) is 5.14. The summed E-state index contributed by atoms with van der Waals surface area (Å²) < 4.78 is 0. The van der Waals surface area contributed by atoms with Gasteiger partial charge in [-0.3, -0.25) is 15.3 Å². The van der Waals surface area contributed by atoms with E-state index in [0.29, 0.717) is 25.5 Å². The molecule has 0 bridgehead atoms. The average molecular weight is 368 g/mol. The van der Waals surface area contributed by atoms with Crippen LogP contribution in [0.25, 0.3) is 0 Å². The van der Waals surface area contributed by atoms with Gasteiger partial charge < -0.3 is 10.6 Å². The van der Waals surface area contributed by atoms with Crippen molar-refractivity contribution in [2.24, 2.45) is 0 Å². The number of hydrogen-bond acceptors (Lipinski definition) is 4. The topological polar surface area (TPSA) is 102 Å². The molecule has 0 spiro atoms. The maximum absolute atomic E-state index is 12.6. The van der Waals surface area contributed by atoms with Gasteiger partial charge in [-0.05, 0) is 24.0 Å². The van der Waals surface area contributed by atoms with Gasteiger partial charge in [0.05, 0.1) is 18.2 Å². The van der Waals surface area contributed by atoms with Crippen LogP contribution in [0.3, 0.4) is 0 Å². The Bertz CT molecular complexity index is 862. The number of H-pyrrole nitrogens is 1. The summed E-state index contributed by atoms with van der Waals surface area (Å²) >= 11 is 0. The van der Waals surface area contributed by atoms with Crippen LogP contribution in [-0.4, -0.2) is 33.7 Å². The van der Waals surface area contributed by atoms with Gasteiger partial charge in [0.15, 0.2) is 5.82 Å². The normalized spacial score (nSPS) is 17.6. The van der Waals surface area contributed by atoms with E-state index in [0.717, 1.165) is 36.1 Å². The molecule has 0 saturated heterocycles. The number of hydrazine groups is 1. The van der Waals surface area contributed by atoms with E-state index in [9.17, 15) is 9.59 Å². The Kier molecular flexibility index (Phi) is 4.81. The molecule has 0 saturated carbocycles. The molecule has 1 aromatic carbocycles. The largest absolute Gasteiger partial charge is 0.337 e. The third kappa shape index (κ3) is 3.52. The van der Waals surface area contributed by atoms with Crippen LogP contribution in [0.1, 0.15) is 48.1 Å². The van der Waals surface area contributed by atoms with Gasteiger partial charge in [-0.15, -0.1) is 0 Å². The number of nitrogens with one attached hydrogen (secondary N) is 4. The number of aromatic amines is 1. The average Bonchev–Trinajstić information content (AvgIpc) is 3.17. The Morgan fingerprint density at radius 2 is 2.15 bits per heavy atom. The van der Waals surface area contributed by atoms with Crippen LogP contribution in [0.5, 0.6) is 0 Å². The van der Waals surface area contributed by atoms with Gasteiger partial charge in [0.2, 0.25) is 5.91 Å². The molecular formula is C19H24N6O2. The summed E-state index contributed by atoms with van der Waals surface area (Å²) in [5.74, 6) is 0.398. The summed E-state index contributed by atoms with van der Waals surface area (Å²) in [5.41, 5.74) is 6.99. The van der Waals surface area contributed by atoms with Gasteiger partial charge >= 0.3 is 6.03 Å². The quantitative estimate of drug-likeness (QED) is 0.586. The van der Waals surface area contributed by atoms with E-state index >= 15 is 0 Å². The van der Waals surface area contributed by atoms with Crippen molar-refractivity contribution < 1.29 is 9.59 Å². The third-order valence-corrected chi connectivity index (χ3v) is 5.14. The highest BCUT2D eigenvalue weighted by Crippen LogP contribution is 2.36. The SMILES string of the molecule is CCCCNC(=O)NN1Cc2[nH]nc(NC(=O)C3Cc4ccccc43)c2C1. The van der Waals surface area contributed by atoms with Crippen molar-refractivity contribution in [2.45, 2.75) is 45.2 Å². The highest BCUT2D eigenvalue weighted by molar-refractivity contribution is 5.97.